The van der Waals surface area contributed by atoms with E-state index in [1.807, 2.05) is 0 Å². The van der Waals surface area contributed by atoms with Crippen molar-refractivity contribution >= 4 is 27.7 Å². The summed E-state index contributed by atoms with van der Waals surface area (Å²) >= 11 is 3.22. The van der Waals surface area contributed by atoms with Crippen LogP contribution >= 0.6 is 15.9 Å². The summed E-state index contributed by atoms with van der Waals surface area (Å²) in [6.45, 7) is 0.726. The van der Waals surface area contributed by atoms with E-state index in [0.29, 0.717) is 23.2 Å². The number of aromatic nitrogens is 1. The largest absolute Gasteiger partial charge is 0.437 e. The second-order valence-corrected chi connectivity index (χ2v) is 6.53. The molecule has 1 aliphatic heterocycles. The summed E-state index contributed by atoms with van der Waals surface area (Å²) in [4.78, 5) is 29.7. The molecule has 0 radical (unpaired) electrons. The van der Waals surface area contributed by atoms with E-state index in [2.05, 4.69) is 20.9 Å². The van der Waals surface area contributed by atoms with Crippen molar-refractivity contribution in [3.05, 3.63) is 52.4 Å². The maximum Gasteiger partial charge on any atom is 0.259 e. The summed E-state index contributed by atoms with van der Waals surface area (Å²) in [6, 6.07) is 7.18. The number of nitrogens with two attached hydrogens (primary N) is 1. The van der Waals surface area contributed by atoms with E-state index in [4.69, 9.17) is 10.5 Å². The quantitative estimate of drug-likeness (QED) is 0.843. The Hall–Kier alpha value is -2.48. The lowest BCUT2D eigenvalue weighted by atomic mass is 10.1. The summed E-state index contributed by atoms with van der Waals surface area (Å²) in [5.41, 5.74) is 5.58. The number of rotatable bonds is 4. The highest BCUT2D eigenvalue weighted by Crippen LogP contribution is 2.31. The van der Waals surface area contributed by atoms with Gasteiger partial charge in [0.2, 0.25) is 11.8 Å². The van der Waals surface area contributed by atoms with Gasteiger partial charge in [-0.3, -0.25) is 9.59 Å². The van der Waals surface area contributed by atoms with Gasteiger partial charge < -0.3 is 15.4 Å². The van der Waals surface area contributed by atoms with Crippen molar-refractivity contribution in [3.63, 3.8) is 0 Å². The van der Waals surface area contributed by atoms with Crippen molar-refractivity contribution in [2.45, 2.75) is 6.42 Å². The molecule has 25 heavy (non-hydrogen) atoms. The van der Waals surface area contributed by atoms with Crippen LogP contribution in [-0.4, -0.2) is 34.8 Å². The third kappa shape index (κ3) is 3.79. The molecule has 2 N–H and O–H groups in total. The molecular weight excluding hydrogens is 393 g/mol. The van der Waals surface area contributed by atoms with Gasteiger partial charge in [-0.15, -0.1) is 0 Å². The Bertz CT molecular complexity index is 831. The first-order valence-corrected chi connectivity index (χ1v) is 8.41. The average Bonchev–Trinajstić information content (AvgIpc) is 3.07. The first kappa shape index (κ1) is 17.3. The molecule has 2 amide bonds. The highest BCUT2D eigenvalue weighted by molar-refractivity contribution is 9.10. The summed E-state index contributed by atoms with van der Waals surface area (Å²) in [6.07, 6.45) is 2.04. The van der Waals surface area contributed by atoms with Crippen LogP contribution in [0.4, 0.5) is 4.39 Å². The van der Waals surface area contributed by atoms with Gasteiger partial charge in [-0.25, -0.2) is 9.37 Å². The molecule has 2 heterocycles. The number of primary amides is 1. The monoisotopic (exact) mass is 407 g/mol. The molecule has 6 nitrogen and oxygen atoms in total. The Balaban J connectivity index is 1.83. The summed E-state index contributed by atoms with van der Waals surface area (Å²) in [5.74, 6) is -0.992. The molecular formula is C17H15BrFN3O3. The van der Waals surface area contributed by atoms with Crippen LogP contribution < -0.4 is 10.5 Å². The number of hydrogen-bond acceptors (Lipinski definition) is 4. The number of amides is 2. The highest BCUT2D eigenvalue weighted by Gasteiger charge is 2.31. The van der Waals surface area contributed by atoms with Gasteiger partial charge >= 0.3 is 0 Å². The average molecular weight is 408 g/mol. The van der Waals surface area contributed by atoms with Crippen molar-refractivity contribution in [2.75, 3.05) is 13.1 Å². The molecule has 1 aromatic heterocycles. The number of pyridine rings is 1. The van der Waals surface area contributed by atoms with Gasteiger partial charge in [0.15, 0.2) is 0 Å². The highest BCUT2D eigenvalue weighted by atomic mass is 79.9. The minimum absolute atomic E-state index is 0.113. The molecule has 1 aliphatic rings. The van der Waals surface area contributed by atoms with E-state index in [-0.39, 0.29) is 29.8 Å². The second kappa shape index (κ2) is 7.18. The molecule has 0 saturated carbocycles. The molecule has 3 rings (SSSR count). The number of benzene rings is 1. The molecule has 0 bridgehead atoms. The van der Waals surface area contributed by atoms with Gasteiger partial charge in [0, 0.05) is 19.3 Å². The summed E-state index contributed by atoms with van der Waals surface area (Å²) in [7, 11) is 0. The summed E-state index contributed by atoms with van der Waals surface area (Å²) < 4.78 is 19.3. The zero-order chi connectivity index (χ0) is 18.0. The van der Waals surface area contributed by atoms with Crippen molar-refractivity contribution < 1.29 is 18.7 Å². The lowest BCUT2D eigenvalue weighted by molar-refractivity contribution is -0.121. The molecule has 130 valence electrons. The first-order valence-electron chi connectivity index (χ1n) is 7.62. The Morgan fingerprint density at radius 1 is 1.36 bits per heavy atom. The number of carbonyl (C=O) groups is 2. The fourth-order valence-corrected chi connectivity index (χ4v) is 3.08. The van der Waals surface area contributed by atoms with E-state index in [1.54, 1.807) is 17.0 Å². The van der Waals surface area contributed by atoms with E-state index in [1.165, 1.54) is 24.4 Å². The van der Waals surface area contributed by atoms with Crippen molar-refractivity contribution in [3.8, 4) is 11.6 Å². The summed E-state index contributed by atoms with van der Waals surface area (Å²) in [5, 5.41) is 0. The lowest BCUT2D eigenvalue weighted by Crippen LogP contribution is -2.32. The van der Waals surface area contributed by atoms with E-state index < -0.39 is 11.7 Å². The number of halogens is 2. The number of hydrogen-bond donors (Lipinski definition) is 1. The normalized spacial score (nSPS) is 16.7. The minimum Gasteiger partial charge on any atom is -0.437 e. The first-order chi connectivity index (χ1) is 12.0. The molecule has 1 fully saturated rings. The van der Waals surface area contributed by atoms with Gasteiger partial charge in [0.05, 0.1) is 10.4 Å². The molecule has 0 spiro atoms. The zero-order valence-corrected chi connectivity index (χ0v) is 14.7. The van der Waals surface area contributed by atoms with Crippen LogP contribution in [0, 0.1) is 11.7 Å². The molecule has 1 saturated heterocycles. The van der Waals surface area contributed by atoms with Gasteiger partial charge in [-0.2, -0.15) is 0 Å². The molecule has 1 unspecified atom stereocenters. The van der Waals surface area contributed by atoms with Gasteiger partial charge in [0.1, 0.15) is 17.1 Å². The third-order valence-electron chi connectivity index (χ3n) is 3.98. The van der Waals surface area contributed by atoms with Crippen LogP contribution in [0.3, 0.4) is 0 Å². The Kier molecular flexibility index (Phi) is 4.98. The maximum absolute atomic E-state index is 13.2. The zero-order valence-electron chi connectivity index (χ0n) is 13.1. The van der Waals surface area contributed by atoms with Crippen LogP contribution in [0.1, 0.15) is 16.8 Å². The third-order valence-corrected chi connectivity index (χ3v) is 4.60. The van der Waals surface area contributed by atoms with E-state index in [0.717, 1.165) is 0 Å². The molecule has 2 aromatic rings. The smallest absolute Gasteiger partial charge is 0.259 e. The van der Waals surface area contributed by atoms with Gasteiger partial charge in [-0.1, -0.05) is 0 Å². The fraction of sp³-hybridized carbons (Fsp3) is 0.235. The second-order valence-electron chi connectivity index (χ2n) is 5.67. The Morgan fingerprint density at radius 3 is 2.84 bits per heavy atom. The molecule has 8 heteroatoms. The predicted octanol–water partition coefficient (Wildman–Crippen LogP) is 2.72. The van der Waals surface area contributed by atoms with Crippen LogP contribution in [0.25, 0.3) is 0 Å². The standard InChI is InChI=1S/C17H15BrFN3O3/c18-13-8-11(19)3-4-14(13)25-16-12(2-1-6-21-16)17(24)22-7-5-10(9-22)15(20)23/h1-4,6,8,10H,5,7,9H2,(H2,20,23). The van der Waals surface area contributed by atoms with Crippen molar-refractivity contribution in [1.82, 2.24) is 9.88 Å². The minimum atomic E-state index is -0.411. The van der Waals surface area contributed by atoms with Crippen LogP contribution in [0.15, 0.2) is 41.0 Å². The fourth-order valence-electron chi connectivity index (χ4n) is 2.64. The SMILES string of the molecule is NC(=O)C1CCN(C(=O)c2cccnc2Oc2ccc(F)cc2Br)C1. The van der Waals surface area contributed by atoms with Crippen LogP contribution in [0.2, 0.25) is 0 Å². The lowest BCUT2D eigenvalue weighted by Gasteiger charge is -2.18. The van der Waals surface area contributed by atoms with Crippen LogP contribution in [0.5, 0.6) is 11.6 Å². The predicted molar refractivity (Wildman–Crippen MR) is 91.6 cm³/mol. The molecule has 1 aromatic carbocycles. The topological polar surface area (TPSA) is 85.5 Å². The van der Waals surface area contributed by atoms with E-state index >= 15 is 0 Å². The number of ether oxygens (including phenoxy) is 1. The molecule has 1 atom stereocenters. The van der Waals surface area contributed by atoms with Crippen molar-refractivity contribution in [2.24, 2.45) is 11.7 Å². The molecule has 0 aliphatic carbocycles. The number of likely N-dealkylation sites (tertiary alicyclic amines) is 1. The van der Waals surface area contributed by atoms with Crippen LogP contribution in [-0.2, 0) is 4.79 Å². The Morgan fingerprint density at radius 2 is 2.16 bits per heavy atom. The maximum atomic E-state index is 13.2. The van der Waals surface area contributed by atoms with Crippen molar-refractivity contribution in [1.29, 1.82) is 0 Å². The van der Waals surface area contributed by atoms with E-state index in [9.17, 15) is 14.0 Å². The van der Waals surface area contributed by atoms with Gasteiger partial charge in [0.25, 0.3) is 5.91 Å². The Labute approximate surface area is 151 Å². The van der Waals surface area contributed by atoms with Gasteiger partial charge in [-0.05, 0) is 52.7 Å². The number of carbonyl (C=O) groups excluding carboxylic acids is 2. The number of nitrogens with zero attached hydrogens (tertiary/aromatic N) is 2.